The van der Waals surface area contributed by atoms with E-state index < -0.39 is 29.4 Å². The van der Waals surface area contributed by atoms with Gasteiger partial charge in [-0.2, -0.15) is 0 Å². The number of nitrogens with zero attached hydrogens (tertiary/aromatic N) is 3. The molecule has 1 aliphatic rings. The zero-order valence-corrected chi connectivity index (χ0v) is 18.3. The molecule has 2 heterocycles. The Kier molecular flexibility index (Phi) is 6.92. The van der Waals surface area contributed by atoms with E-state index in [-0.39, 0.29) is 18.8 Å². The van der Waals surface area contributed by atoms with E-state index in [1.165, 1.54) is 17.0 Å². The average molecular weight is 443 g/mol. The number of esters is 2. The Labute approximate surface area is 184 Å². The highest BCUT2D eigenvalue weighted by atomic mass is 16.6. The fourth-order valence-electron chi connectivity index (χ4n) is 3.81. The van der Waals surface area contributed by atoms with Gasteiger partial charge in [0.1, 0.15) is 6.54 Å². The molecule has 0 fully saturated rings. The molecule has 32 heavy (non-hydrogen) atoms. The molecule has 0 aliphatic carbocycles. The third-order valence-electron chi connectivity index (χ3n) is 5.41. The van der Waals surface area contributed by atoms with Crippen molar-refractivity contribution < 1.29 is 28.8 Å². The number of nitro benzene ring substituents is 1. The number of fused-ring (bicyclic) bond motifs is 1. The quantitative estimate of drug-likeness (QED) is 0.366. The van der Waals surface area contributed by atoms with E-state index >= 15 is 0 Å². The van der Waals surface area contributed by atoms with Gasteiger partial charge in [0.25, 0.3) is 11.6 Å². The van der Waals surface area contributed by atoms with Gasteiger partial charge in [-0.05, 0) is 51.3 Å². The summed E-state index contributed by atoms with van der Waals surface area (Å²) >= 11 is 0. The molecule has 2 aromatic rings. The highest BCUT2D eigenvalue weighted by molar-refractivity contribution is 5.96. The number of amides is 1. The van der Waals surface area contributed by atoms with Gasteiger partial charge in [0.15, 0.2) is 6.61 Å². The van der Waals surface area contributed by atoms with E-state index in [0.717, 1.165) is 5.56 Å². The van der Waals surface area contributed by atoms with Crippen LogP contribution in [0.2, 0.25) is 0 Å². The average Bonchev–Trinajstić information content (AvgIpc) is 3.05. The van der Waals surface area contributed by atoms with E-state index in [1.54, 1.807) is 37.5 Å². The molecule has 0 bridgehead atoms. The minimum Gasteiger partial charge on any atom is -0.462 e. The zero-order chi connectivity index (χ0) is 23.4. The van der Waals surface area contributed by atoms with Crippen molar-refractivity contribution >= 4 is 29.2 Å². The molecule has 1 aromatic heterocycles. The first-order valence-corrected chi connectivity index (χ1v) is 10.3. The number of non-ortho nitro benzene ring substituents is 1. The molecule has 0 atom stereocenters. The van der Waals surface area contributed by atoms with Crippen LogP contribution in [0.3, 0.4) is 0 Å². The number of ether oxygens (including phenoxy) is 2. The minimum atomic E-state index is -0.614. The van der Waals surface area contributed by atoms with Crippen molar-refractivity contribution in [1.82, 2.24) is 4.57 Å². The van der Waals surface area contributed by atoms with Crippen molar-refractivity contribution in [2.24, 2.45) is 0 Å². The Balaban J connectivity index is 1.64. The second-order valence-corrected chi connectivity index (χ2v) is 7.47. The lowest BCUT2D eigenvalue weighted by molar-refractivity contribution is -0.384. The third kappa shape index (κ3) is 4.79. The number of aromatic nitrogens is 1. The van der Waals surface area contributed by atoms with Crippen LogP contribution in [0.25, 0.3) is 0 Å². The van der Waals surface area contributed by atoms with Gasteiger partial charge in [-0.3, -0.25) is 19.7 Å². The van der Waals surface area contributed by atoms with E-state index in [2.05, 4.69) is 0 Å². The summed E-state index contributed by atoms with van der Waals surface area (Å²) in [7, 11) is 0. The molecule has 0 spiro atoms. The number of aryl methyl sites for hydroxylation is 2. The Bertz CT molecular complexity index is 1070. The number of carbonyl (C=O) groups is 3. The van der Waals surface area contributed by atoms with E-state index in [9.17, 15) is 24.5 Å². The van der Waals surface area contributed by atoms with Gasteiger partial charge in [-0.1, -0.05) is 0 Å². The first-order chi connectivity index (χ1) is 15.2. The molecule has 170 valence electrons. The predicted octanol–water partition coefficient (Wildman–Crippen LogP) is 2.71. The number of benzene rings is 1. The highest BCUT2D eigenvalue weighted by Crippen LogP contribution is 2.30. The number of rotatable bonds is 7. The first kappa shape index (κ1) is 23.0. The Morgan fingerprint density at radius 1 is 1.16 bits per heavy atom. The van der Waals surface area contributed by atoms with Crippen LogP contribution in [0.15, 0.2) is 24.3 Å². The van der Waals surface area contributed by atoms with Crippen LogP contribution in [-0.2, 0) is 32.0 Å². The molecule has 3 rings (SSSR count). The second-order valence-electron chi connectivity index (χ2n) is 7.47. The van der Waals surface area contributed by atoms with Crippen LogP contribution >= 0.6 is 0 Å². The Hall–Kier alpha value is -3.69. The maximum absolute atomic E-state index is 12.7. The van der Waals surface area contributed by atoms with Crippen molar-refractivity contribution in [2.75, 3.05) is 24.7 Å². The summed E-state index contributed by atoms with van der Waals surface area (Å²) in [5.41, 5.74) is 2.95. The molecule has 0 saturated heterocycles. The normalized spacial score (nSPS) is 12.8. The first-order valence-electron chi connectivity index (χ1n) is 10.3. The molecule has 0 unspecified atom stereocenters. The van der Waals surface area contributed by atoms with Crippen molar-refractivity contribution in [2.45, 2.75) is 40.2 Å². The maximum Gasteiger partial charge on any atom is 0.339 e. The Morgan fingerprint density at radius 2 is 1.91 bits per heavy atom. The lowest BCUT2D eigenvalue weighted by Gasteiger charge is -2.29. The fraction of sp³-hybridized carbons (Fsp3) is 0.409. The highest BCUT2D eigenvalue weighted by Gasteiger charge is 2.25. The summed E-state index contributed by atoms with van der Waals surface area (Å²) in [5, 5.41) is 11.0. The zero-order valence-electron chi connectivity index (χ0n) is 18.3. The standard InChI is InChI=1S/C22H25N3O7/c1-4-31-22(28)18-10-14(2)24(15(18)3)12-21(27)32-13-20(26)23-9-5-6-16-11-17(25(29)30)7-8-19(16)23/h7-8,10-11H,4-6,9,12-13H2,1-3H3. The van der Waals surface area contributed by atoms with E-state index in [0.29, 0.717) is 42.0 Å². The topological polar surface area (TPSA) is 121 Å². The molecule has 1 aromatic carbocycles. The number of carbonyl (C=O) groups excluding carboxylic acids is 3. The summed E-state index contributed by atoms with van der Waals surface area (Å²) in [6, 6.07) is 6.03. The van der Waals surface area contributed by atoms with Crippen LogP contribution in [0.4, 0.5) is 11.4 Å². The molecule has 10 nitrogen and oxygen atoms in total. The molecular weight excluding hydrogens is 418 g/mol. The van der Waals surface area contributed by atoms with E-state index in [1.807, 2.05) is 0 Å². The molecule has 0 radical (unpaired) electrons. The molecule has 0 saturated carbocycles. The Morgan fingerprint density at radius 3 is 2.59 bits per heavy atom. The van der Waals surface area contributed by atoms with Gasteiger partial charge in [0.05, 0.1) is 17.1 Å². The monoisotopic (exact) mass is 443 g/mol. The van der Waals surface area contributed by atoms with Crippen LogP contribution in [0.5, 0.6) is 0 Å². The van der Waals surface area contributed by atoms with Crippen molar-refractivity contribution in [3.63, 3.8) is 0 Å². The number of hydrogen-bond acceptors (Lipinski definition) is 7. The second kappa shape index (κ2) is 9.63. The van der Waals surface area contributed by atoms with E-state index in [4.69, 9.17) is 9.47 Å². The molecular formula is C22H25N3O7. The van der Waals surface area contributed by atoms with Gasteiger partial charge in [-0.25, -0.2) is 4.79 Å². The lowest BCUT2D eigenvalue weighted by Crippen LogP contribution is -2.38. The summed E-state index contributed by atoms with van der Waals surface area (Å²) < 4.78 is 11.8. The third-order valence-corrected chi connectivity index (χ3v) is 5.41. The largest absolute Gasteiger partial charge is 0.462 e. The van der Waals surface area contributed by atoms with Crippen LogP contribution in [-0.4, -0.2) is 47.1 Å². The van der Waals surface area contributed by atoms with Crippen molar-refractivity contribution in [3.8, 4) is 0 Å². The van der Waals surface area contributed by atoms with Gasteiger partial charge in [0, 0.05) is 35.8 Å². The molecule has 1 amide bonds. The lowest BCUT2D eigenvalue weighted by atomic mass is 10.0. The number of hydrogen-bond donors (Lipinski definition) is 0. The van der Waals surface area contributed by atoms with Gasteiger partial charge >= 0.3 is 11.9 Å². The van der Waals surface area contributed by atoms with Crippen molar-refractivity contribution in [3.05, 3.63) is 56.9 Å². The summed E-state index contributed by atoms with van der Waals surface area (Å²) in [4.78, 5) is 49.1. The summed E-state index contributed by atoms with van der Waals surface area (Å²) in [6.45, 7) is 5.29. The molecule has 1 aliphatic heterocycles. The van der Waals surface area contributed by atoms with Crippen LogP contribution in [0.1, 0.15) is 40.7 Å². The fourth-order valence-corrected chi connectivity index (χ4v) is 3.81. The molecule has 10 heteroatoms. The van der Waals surface area contributed by atoms with Crippen LogP contribution < -0.4 is 4.90 Å². The minimum absolute atomic E-state index is 0.0240. The predicted molar refractivity (Wildman–Crippen MR) is 115 cm³/mol. The number of nitro groups is 1. The summed E-state index contributed by atoms with van der Waals surface area (Å²) in [6.07, 6.45) is 1.29. The maximum atomic E-state index is 12.7. The smallest absolute Gasteiger partial charge is 0.339 e. The SMILES string of the molecule is CCOC(=O)c1cc(C)n(CC(=O)OCC(=O)N2CCCc3cc([N+](=O)[O-])ccc32)c1C. The summed E-state index contributed by atoms with van der Waals surface area (Å²) in [5.74, 6) is -1.47. The van der Waals surface area contributed by atoms with Gasteiger partial charge < -0.3 is 18.9 Å². The van der Waals surface area contributed by atoms with Gasteiger partial charge in [0.2, 0.25) is 0 Å². The number of anilines is 1. The van der Waals surface area contributed by atoms with Gasteiger partial charge in [-0.15, -0.1) is 0 Å². The van der Waals surface area contributed by atoms with Crippen LogP contribution in [0, 0.1) is 24.0 Å². The van der Waals surface area contributed by atoms with Crippen molar-refractivity contribution in [1.29, 1.82) is 0 Å². The molecule has 0 N–H and O–H groups in total.